The van der Waals surface area contributed by atoms with Gasteiger partial charge in [0.2, 0.25) is 5.91 Å². The number of hydrogen-bond donors (Lipinski definition) is 1. The Morgan fingerprint density at radius 2 is 2.45 bits per heavy atom. The number of nitrogens with zero attached hydrogens (tertiary/aromatic N) is 1. The maximum Gasteiger partial charge on any atom is 0.226 e. The fourth-order valence-corrected chi connectivity index (χ4v) is 3.70. The van der Waals surface area contributed by atoms with E-state index < -0.39 is 0 Å². The maximum absolute atomic E-state index is 11.9. The molecule has 0 radical (unpaired) electrons. The highest BCUT2D eigenvalue weighted by Crippen LogP contribution is 2.25. The van der Waals surface area contributed by atoms with Crippen LogP contribution in [0.15, 0.2) is 22.2 Å². The molecule has 3 heterocycles. The van der Waals surface area contributed by atoms with Crippen LogP contribution in [0.25, 0.3) is 10.6 Å². The summed E-state index contributed by atoms with van der Waals surface area (Å²) in [5.41, 5.74) is 1.96. The average molecular weight is 308 g/mol. The van der Waals surface area contributed by atoms with Gasteiger partial charge in [-0.15, -0.1) is 11.3 Å². The molecule has 20 heavy (non-hydrogen) atoms. The zero-order valence-corrected chi connectivity index (χ0v) is 12.6. The molecule has 1 aliphatic rings. The van der Waals surface area contributed by atoms with Crippen molar-refractivity contribution in [3.63, 3.8) is 0 Å². The first kappa shape index (κ1) is 13.7. The van der Waals surface area contributed by atoms with Crippen LogP contribution in [0.2, 0.25) is 0 Å². The number of carbonyl (C=O) groups is 1. The third kappa shape index (κ3) is 3.45. The minimum Gasteiger partial charge on any atom is -0.376 e. The van der Waals surface area contributed by atoms with E-state index in [1.54, 1.807) is 22.7 Å². The molecule has 0 bridgehead atoms. The second kappa shape index (κ2) is 6.47. The molecule has 0 aliphatic carbocycles. The van der Waals surface area contributed by atoms with Gasteiger partial charge in [0.25, 0.3) is 0 Å². The molecule has 4 nitrogen and oxygen atoms in total. The molecule has 3 rings (SSSR count). The van der Waals surface area contributed by atoms with Gasteiger partial charge in [-0.25, -0.2) is 4.98 Å². The lowest BCUT2D eigenvalue weighted by Gasteiger charge is -2.09. The first-order chi connectivity index (χ1) is 9.81. The van der Waals surface area contributed by atoms with Crippen molar-refractivity contribution in [2.24, 2.45) is 0 Å². The molecule has 1 atom stereocenters. The number of rotatable bonds is 5. The van der Waals surface area contributed by atoms with Crippen LogP contribution in [-0.4, -0.2) is 30.1 Å². The molecule has 1 saturated heterocycles. The van der Waals surface area contributed by atoms with Crippen LogP contribution in [0.1, 0.15) is 18.5 Å². The molecule has 1 aliphatic heterocycles. The van der Waals surface area contributed by atoms with E-state index in [-0.39, 0.29) is 12.0 Å². The summed E-state index contributed by atoms with van der Waals surface area (Å²) in [6.07, 6.45) is 2.67. The Labute approximate surface area is 125 Å². The largest absolute Gasteiger partial charge is 0.376 e. The van der Waals surface area contributed by atoms with Crippen LogP contribution in [0.4, 0.5) is 0 Å². The van der Waals surface area contributed by atoms with E-state index in [1.165, 1.54) is 0 Å². The van der Waals surface area contributed by atoms with Gasteiger partial charge in [-0.3, -0.25) is 4.79 Å². The van der Waals surface area contributed by atoms with Crippen LogP contribution < -0.4 is 5.32 Å². The molecule has 2 aromatic rings. The lowest BCUT2D eigenvalue weighted by Crippen LogP contribution is -2.32. The van der Waals surface area contributed by atoms with Gasteiger partial charge in [-0.1, -0.05) is 0 Å². The van der Waals surface area contributed by atoms with Crippen molar-refractivity contribution in [2.45, 2.75) is 25.4 Å². The van der Waals surface area contributed by atoms with Crippen molar-refractivity contribution < 1.29 is 9.53 Å². The predicted octanol–water partition coefficient (Wildman–Crippen LogP) is 2.71. The Kier molecular flexibility index (Phi) is 4.44. The van der Waals surface area contributed by atoms with E-state index in [4.69, 9.17) is 4.74 Å². The van der Waals surface area contributed by atoms with Gasteiger partial charge in [0.1, 0.15) is 5.01 Å². The van der Waals surface area contributed by atoms with Crippen molar-refractivity contribution in [3.05, 3.63) is 27.9 Å². The Balaban J connectivity index is 1.51. The smallest absolute Gasteiger partial charge is 0.226 e. The van der Waals surface area contributed by atoms with Crippen molar-refractivity contribution in [2.75, 3.05) is 13.2 Å². The number of thiophene rings is 1. The lowest BCUT2D eigenvalue weighted by molar-refractivity contribution is -0.121. The van der Waals surface area contributed by atoms with Gasteiger partial charge in [-0.2, -0.15) is 11.3 Å². The average Bonchev–Trinajstić information content (AvgIpc) is 3.18. The van der Waals surface area contributed by atoms with Crippen LogP contribution in [0.5, 0.6) is 0 Å². The molecule has 2 aromatic heterocycles. The van der Waals surface area contributed by atoms with E-state index in [0.29, 0.717) is 13.0 Å². The topological polar surface area (TPSA) is 51.2 Å². The van der Waals surface area contributed by atoms with E-state index in [0.717, 1.165) is 35.7 Å². The second-order valence-electron chi connectivity index (χ2n) is 4.77. The summed E-state index contributed by atoms with van der Waals surface area (Å²) in [7, 11) is 0. The number of nitrogens with one attached hydrogen (secondary N) is 1. The summed E-state index contributed by atoms with van der Waals surface area (Å²) in [6, 6.07) is 2.05. The third-order valence-corrected chi connectivity index (χ3v) is 4.84. The minimum atomic E-state index is 0.0164. The summed E-state index contributed by atoms with van der Waals surface area (Å²) in [5.74, 6) is 0.0164. The van der Waals surface area contributed by atoms with Gasteiger partial charge in [0.15, 0.2) is 0 Å². The summed E-state index contributed by atoms with van der Waals surface area (Å²) < 4.78 is 5.48. The molecule has 0 spiro atoms. The van der Waals surface area contributed by atoms with Gasteiger partial charge >= 0.3 is 0 Å². The number of ether oxygens (including phenoxy) is 1. The van der Waals surface area contributed by atoms with Gasteiger partial charge in [-0.05, 0) is 24.3 Å². The first-order valence-electron chi connectivity index (χ1n) is 6.66. The Hall–Kier alpha value is -1.24. The monoisotopic (exact) mass is 308 g/mol. The van der Waals surface area contributed by atoms with Crippen LogP contribution in [-0.2, 0) is 16.0 Å². The Morgan fingerprint density at radius 3 is 3.20 bits per heavy atom. The van der Waals surface area contributed by atoms with Crippen LogP contribution in [0, 0.1) is 0 Å². The highest BCUT2D eigenvalue weighted by atomic mass is 32.1. The number of thiazole rings is 1. The van der Waals surface area contributed by atoms with E-state index >= 15 is 0 Å². The van der Waals surface area contributed by atoms with Crippen LogP contribution in [0.3, 0.4) is 0 Å². The Bertz CT molecular complexity index is 560. The van der Waals surface area contributed by atoms with E-state index in [9.17, 15) is 4.79 Å². The molecular formula is C14H16N2O2S2. The standard InChI is InChI=1S/C14H16N2O2S2/c17-13(15-7-12-2-1-4-18-12)6-11-9-20-14(16-11)10-3-5-19-8-10/h3,5,8-9,12H,1-2,4,6-7H2,(H,15,17). The van der Waals surface area contributed by atoms with Gasteiger partial charge in [0.05, 0.1) is 18.2 Å². The SMILES string of the molecule is O=C(Cc1csc(-c2ccsc2)n1)NCC1CCCO1. The van der Waals surface area contributed by atoms with E-state index in [2.05, 4.69) is 15.7 Å². The normalized spacial score (nSPS) is 18.3. The molecule has 6 heteroatoms. The fourth-order valence-electron chi connectivity index (χ4n) is 2.17. The number of hydrogen-bond acceptors (Lipinski definition) is 5. The molecule has 1 fully saturated rings. The first-order valence-corrected chi connectivity index (χ1v) is 8.49. The summed E-state index contributed by atoms with van der Waals surface area (Å²) in [5, 5.41) is 9.96. The number of amides is 1. The van der Waals surface area contributed by atoms with Crippen molar-refractivity contribution in [3.8, 4) is 10.6 Å². The zero-order chi connectivity index (χ0) is 13.8. The molecule has 106 valence electrons. The zero-order valence-electron chi connectivity index (χ0n) is 11.0. The van der Waals surface area contributed by atoms with Crippen molar-refractivity contribution in [1.82, 2.24) is 10.3 Å². The van der Waals surface area contributed by atoms with Crippen molar-refractivity contribution >= 4 is 28.6 Å². The second-order valence-corrected chi connectivity index (χ2v) is 6.41. The minimum absolute atomic E-state index is 0.0164. The van der Waals surface area contributed by atoms with Gasteiger partial charge in [0, 0.05) is 29.5 Å². The van der Waals surface area contributed by atoms with Crippen molar-refractivity contribution in [1.29, 1.82) is 0 Å². The van der Waals surface area contributed by atoms with Gasteiger partial charge < -0.3 is 10.1 Å². The summed E-state index contributed by atoms with van der Waals surface area (Å²) in [6.45, 7) is 1.43. The molecule has 1 amide bonds. The van der Waals surface area contributed by atoms with E-state index in [1.807, 2.05) is 16.8 Å². The molecule has 1 N–H and O–H groups in total. The highest BCUT2D eigenvalue weighted by Gasteiger charge is 2.16. The highest BCUT2D eigenvalue weighted by molar-refractivity contribution is 7.14. The molecule has 0 aromatic carbocycles. The fraction of sp³-hybridized carbons (Fsp3) is 0.429. The quantitative estimate of drug-likeness (QED) is 0.924. The third-order valence-electron chi connectivity index (χ3n) is 3.21. The Morgan fingerprint density at radius 1 is 1.50 bits per heavy atom. The molecule has 0 saturated carbocycles. The number of carbonyl (C=O) groups excluding carboxylic acids is 1. The molecule has 1 unspecified atom stereocenters. The predicted molar refractivity (Wildman–Crippen MR) is 81.1 cm³/mol. The summed E-state index contributed by atoms with van der Waals surface area (Å²) in [4.78, 5) is 16.4. The summed E-state index contributed by atoms with van der Waals surface area (Å²) >= 11 is 3.24. The molecular weight excluding hydrogens is 292 g/mol. The lowest BCUT2D eigenvalue weighted by atomic mass is 10.2. The number of aromatic nitrogens is 1. The van der Waals surface area contributed by atoms with Crippen LogP contribution >= 0.6 is 22.7 Å². The maximum atomic E-state index is 11.9.